The lowest BCUT2D eigenvalue weighted by Gasteiger charge is -2.37. The van der Waals surface area contributed by atoms with Gasteiger partial charge < -0.3 is 5.32 Å². The molecule has 2 aliphatic carbocycles. The Morgan fingerprint density at radius 1 is 1.21 bits per heavy atom. The molecule has 1 aromatic carbocycles. The summed E-state index contributed by atoms with van der Waals surface area (Å²) in [5.74, 6) is -0.0785. The second kappa shape index (κ2) is 9.70. The van der Waals surface area contributed by atoms with Gasteiger partial charge in [-0.15, -0.1) is 0 Å². The quantitative estimate of drug-likeness (QED) is 0.606. The normalized spacial score (nSPS) is 33.3. The van der Waals surface area contributed by atoms with Crippen LogP contribution in [0.25, 0.3) is 0 Å². The Labute approximate surface area is 200 Å². The highest BCUT2D eigenvalue weighted by atomic mass is 19.1. The number of alkyl halides is 1. The molecule has 34 heavy (non-hydrogen) atoms. The van der Waals surface area contributed by atoms with Crippen molar-refractivity contribution in [3.63, 3.8) is 0 Å². The van der Waals surface area contributed by atoms with E-state index in [-0.39, 0.29) is 42.6 Å². The molecule has 1 aliphatic heterocycles. The van der Waals surface area contributed by atoms with Gasteiger partial charge in [0.05, 0.1) is 6.04 Å². The van der Waals surface area contributed by atoms with Crippen molar-refractivity contribution in [2.45, 2.75) is 82.1 Å². The number of carbonyl (C=O) groups excluding carboxylic acids is 1. The molecule has 2 saturated carbocycles. The van der Waals surface area contributed by atoms with E-state index in [0.29, 0.717) is 30.4 Å². The van der Waals surface area contributed by atoms with Gasteiger partial charge in [-0.1, -0.05) is 18.2 Å². The Hall–Kier alpha value is -2.38. The van der Waals surface area contributed by atoms with Gasteiger partial charge in [-0.25, -0.2) is 14.2 Å². The van der Waals surface area contributed by atoms with Crippen molar-refractivity contribution < 1.29 is 13.6 Å². The van der Waals surface area contributed by atoms with Crippen molar-refractivity contribution in [3.8, 4) is 0 Å². The van der Waals surface area contributed by atoms with Crippen LogP contribution < -0.4 is 16.2 Å². The van der Waals surface area contributed by atoms with Crippen LogP contribution >= 0.6 is 0 Å². The van der Waals surface area contributed by atoms with Crippen molar-refractivity contribution in [1.82, 2.24) is 21.2 Å². The zero-order valence-electron chi connectivity index (χ0n) is 19.7. The molecule has 6 atom stereocenters. The van der Waals surface area contributed by atoms with Gasteiger partial charge in [0.15, 0.2) is 0 Å². The monoisotopic (exact) mass is 468 g/mol. The molecule has 5 rings (SSSR count). The number of pyridine rings is 1. The van der Waals surface area contributed by atoms with Crippen molar-refractivity contribution >= 4 is 5.91 Å². The Kier molecular flexibility index (Phi) is 6.67. The van der Waals surface area contributed by atoms with E-state index in [1.165, 1.54) is 11.6 Å². The van der Waals surface area contributed by atoms with Gasteiger partial charge in [-0.2, -0.15) is 0 Å². The molecule has 1 aromatic heterocycles. The smallest absolute Gasteiger partial charge is 0.223 e. The first-order chi connectivity index (χ1) is 16.4. The van der Waals surface area contributed by atoms with Crippen LogP contribution in [0.4, 0.5) is 8.78 Å². The summed E-state index contributed by atoms with van der Waals surface area (Å²) in [6.07, 6.45) is 6.57. The molecule has 3 aliphatic rings. The van der Waals surface area contributed by atoms with Gasteiger partial charge >= 0.3 is 0 Å². The molecule has 3 N–H and O–H groups in total. The molecular formula is C27H34F2N4O. The van der Waals surface area contributed by atoms with Crippen LogP contribution in [0, 0.1) is 24.6 Å². The number of carbonyl (C=O) groups is 1. The third kappa shape index (κ3) is 5.01. The summed E-state index contributed by atoms with van der Waals surface area (Å²) in [5.41, 5.74) is 7.95. The van der Waals surface area contributed by atoms with Gasteiger partial charge in [-0.05, 0) is 80.7 Å². The third-order valence-corrected chi connectivity index (χ3v) is 8.00. The first kappa shape index (κ1) is 23.4. The zero-order valence-corrected chi connectivity index (χ0v) is 19.7. The topological polar surface area (TPSA) is 66.0 Å². The Bertz CT molecular complexity index is 1030. The largest absolute Gasteiger partial charge is 0.353 e. The number of fused-ring (bicyclic) bond motifs is 1. The van der Waals surface area contributed by atoms with Crippen molar-refractivity contribution in [2.24, 2.45) is 11.8 Å². The molecule has 2 aromatic rings. The number of hydrazine groups is 1. The van der Waals surface area contributed by atoms with Gasteiger partial charge in [0.25, 0.3) is 0 Å². The number of halogens is 2. The Morgan fingerprint density at radius 2 is 2.06 bits per heavy atom. The van der Waals surface area contributed by atoms with E-state index in [2.05, 4.69) is 27.2 Å². The number of aromatic nitrogens is 1. The molecule has 2 heterocycles. The number of hydrogen-bond acceptors (Lipinski definition) is 4. The molecule has 1 amide bonds. The molecule has 182 valence electrons. The fourth-order valence-corrected chi connectivity index (χ4v) is 6.28. The van der Waals surface area contributed by atoms with Crippen molar-refractivity contribution in [2.75, 3.05) is 0 Å². The lowest BCUT2D eigenvalue weighted by atomic mass is 9.74. The van der Waals surface area contributed by atoms with E-state index < -0.39 is 5.67 Å². The minimum absolute atomic E-state index is 0.0372. The van der Waals surface area contributed by atoms with Crippen LogP contribution in [0.1, 0.15) is 67.8 Å². The summed E-state index contributed by atoms with van der Waals surface area (Å²) < 4.78 is 29.8. The Balaban J connectivity index is 1.21. The van der Waals surface area contributed by atoms with Crippen molar-refractivity contribution in [1.29, 1.82) is 0 Å². The van der Waals surface area contributed by atoms with E-state index >= 15 is 4.39 Å². The van der Waals surface area contributed by atoms with Gasteiger partial charge in [0.2, 0.25) is 5.91 Å². The number of hydrogen-bond donors (Lipinski definition) is 3. The Morgan fingerprint density at radius 3 is 2.88 bits per heavy atom. The number of nitrogens with zero attached hydrogens (tertiary/aromatic N) is 1. The van der Waals surface area contributed by atoms with E-state index in [1.807, 2.05) is 19.2 Å². The standard InChI is InChI=1S/C27H34F2N4O/c1-17-13-18(10-12-30-17)25-22-14-19(8-9-24(22)32-33-25)26(34)31-21-6-4-11-27(29,16-21)15-20-5-2-3-7-23(20)28/h2-3,5,7,10,12-13,19,21-22,24-25,32-33H,4,6,8-9,11,14-16H2,1H3,(H,31,34)/t19?,21-,22?,24?,25?,27?/m1/s1. The van der Waals surface area contributed by atoms with Gasteiger partial charge in [0, 0.05) is 42.7 Å². The van der Waals surface area contributed by atoms with E-state index in [0.717, 1.165) is 31.4 Å². The molecular weight excluding hydrogens is 434 g/mol. The van der Waals surface area contributed by atoms with Crippen LogP contribution in [-0.2, 0) is 11.2 Å². The summed E-state index contributed by atoms with van der Waals surface area (Å²) in [5, 5.41) is 3.16. The predicted molar refractivity (Wildman–Crippen MR) is 127 cm³/mol. The second-order valence-electron chi connectivity index (χ2n) is 10.5. The molecule has 1 saturated heterocycles. The van der Waals surface area contributed by atoms with Crippen molar-refractivity contribution in [3.05, 3.63) is 65.2 Å². The highest BCUT2D eigenvalue weighted by Crippen LogP contribution is 2.41. The predicted octanol–water partition coefficient (Wildman–Crippen LogP) is 4.47. The maximum atomic E-state index is 15.7. The maximum Gasteiger partial charge on any atom is 0.223 e. The molecule has 0 spiro atoms. The minimum atomic E-state index is -1.49. The fourth-order valence-electron chi connectivity index (χ4n) is 6.28. The molecule has 0 bridgehead atoms. The average molecular weight is 469 g/mol. The molecule has 5 unspecified atom stereocenters. The van der Waals surface area contributed by atoms with Crippen LogP contribution in [0.15, 0.2) is 42.6 Å². The average Bonchev–Trinajstić information content (AvgIpc) is 3.24. The summed E-state index contributed by atoms with van der Waals surface area (Å²) in [4.78, 5) is 17.5. The molecule has 5 nitrogen and oxygen atoms in total. The summed E-state index contributed by atoms with van der Waals surface area (Å²) in [6.45, 7) is 1.99. The number of amides is 1. The van der Waals surface area contributed by atoms with E-state index in [4.69, 9.17) is 0 Å². The van der Waals surface area contributed by atoms with Crippen LogP contribution in [0.2, 0.25) is 0 Å². The zero-order chi connectivity index (χ0) is 23.7. The highest BCUT2D eigenvalue weighted by Gasteiger charge is 2.44. The van der Waals surface area contributed by atoms with Crippen LogP contribution in [0.5, 0.6) is 0 Å². The minimum Gasteiger partial charge on any atom is -0.353 e. The first-order valence-corrected chi connectivity index (χ1v) is 12.6. The SMILES string of the molecule is Cc1cc(C2NNC3CCC(C(=O)N[C@@H]4CCCC(F)(Cc5ccccc5F)C4)CC32)ccn1. The summed E-state index contributed by atoms with van der Waals surface area (Å²) in [6, 6.07) is 10.8. The van der Waals surface area contributed by atoms with E-state index in [1.54, 1.807) is 18.2 Å². The summed E-state index contributed by atoms with van der Waals surface area (Å²) >= 11 is 0. The molecule has 0 radical (unpaired) electrons. The number of nitrogens with one attached hydrogen (secondary N) is 3. The maximum absolute atomic E-state index is 15.7. The number of rotatable bonds is 5. The van der Waals surface area contributed by atoms with Gasteiger partial charge in [0.1, 0.15) is 11.5 Å². The number of benzene rings is 1. The number of aryl methyl sites for hydroxylation is 1. The molecule has 7 heteroatoms. The summed E-state index contributed by atoms with van der Waals surface area (Å²) in [7, 11) is 0. The van der Waals surface area contributed by atoms with Gasteiger partial charge in [-0.3, -0.25) is 15.2 Å². The van der Waals surface area contributed by atoms with Crippen LogP contribution in [0.3, 0.4) is 0 Å². The third-order valence-electron chi connectivity index (χ3n) is 8.00. The lowest BCUT2D eigenvalue weighted by molar-refractivity contribution is -0.127. The molecule has 3 fully saturated rings. The fraction of sp³-hybridized carbons (Fsp3) is 0.556. The highest BCUT2D eigenvalue weighted by molar-refractivity contribution is 5.79. The van der Waals surface area contributed by atoms with Crippen LogP contribution in [-0.4, -0.2) is 28.6 Å². The second-order valence-corrected chi connectivity index (χ2v) is 10.5. The van der Waals surface area contributed by atoms with E-state index in [9.17, 15) is 9.18 Å². The lowest BCUT2D eigenvalue weighted by Crippen LogP contribution is -2.48. The first-order valence-electron chi connectivity index (χ1n) is 12.6.